The molecule has 0 spiro atoms. The summed E-state index contributed by atoms with van der Waals surface area (Å²) in [5, 5.41) is 0. The molecule has 0 unspecified atom stereocenters. The van der Waals surface area contributed by atoms with Crippen LogP contribution in [0.5, 0.6) is 0 Å². The molecule has 1 aromatic heterocycles. The number of benzene rings is 1. The molecule has 124 valence electrons. The average Bonchev–Trinajstić information content (AvgIpc) is 2.90. The standard InChI is InChI=1S/C23H22N2/c1-4-5-16-21-18(3)24-23(20-15-11-10-12-17(20)2)22(25-21)19-13-8-6-7-9-14-19/h4-8,10-16H,1,9H2,2-3H3/b16-5-. The van der Waals surface area contributed by atoms with Gasteiger partial charge in [-0.05, 0) is 37.5 Å². The summed E-state index contributed by atoms with van der Waals surface area (Å²) in [5.41, 5.74) is 7.06. The Hall–Kier alpha value is -3.00. The van der Waals surface area contributed by atoms with Crippen molar-refractivity contribution in [3.8, 4) is 11.3 Å². The van der Waals surface area contributed by atoms with Gasteiger partial charge in [-0.25, -0.2) is 9.97 Å². The number of allylic oxidation sites excluding steroid dienone is 8. The zero-order valence-corrected chi connectivity index (χ0v) is 14.7. The molecule has 1 aromatic carbocycles. The monoisotopic (exact) mass is 326 g/mol. The highest BCUT2D eigenvalue weighted by atomic mass is 14.8. The van der Waals surface area contributed by atoms with E-state index in [1.165, 1.54) is 5.56 Å². The minimum atomic E-state index is 0.874. The minimum absolute atomic E-state index is 0.874. The van der Waals surface area contributed by atoms with Crippen LogP contribution < -0.4 is 0 Å². The first-order chi connectivity index (χ1) is 12.2. The second-order valence-electron chi connectivity index (χ2n) is 5.98. The Labute approximate surface area is 149 Å². The molecule has 0 atom stereocenters. The van der Waals surface area contributed by atoms with Crippen molar-refractivity contribution in [2.45, 2.75) is 20.3 Å². The Morgan fingerprint density at radius 1 is 1.04 bits per heavy atom. The molecular weight excluding hydrogens is 304 g/mol. The highest BCUT2D eigenvalue weighted by Gasteiger charge is 2.16. The van der Waals surface area contributed by atoms with Crippen molar-refractivity contribution in [3.63, 3.8) is 0 Å². The summed E-state index contributed by atoms with van der Waals surface area (Å²) in [6, 6.07) is 8.32. The van der Waals surface area contributed by atoms with Gasteiger partial charge in [0.25, 0.3) is 0 Å². The quantitative estimate of drug-likeness (QED) is 0.658. The molecule has 1 aliphatic rings. The Balaban J connectivity index is 2.24. The van der Waals surface area contributed by atoms with Gasteiger partial charge in [-0.2, -0.15) is 0 Å². The fourth-order valence-electron chi connectivity index (χ4n) is 2.83. The summed E-state index contributed by atoms with van der Waals surface area (Å²) in [6.45, 7) is 7.85. The van der Waals surface area contributed by atoms with E-state index < -0.39 is 0 Å². The summed E-state index contributed by atoms with van der Waals surface area (Å²) < 4.78 is 0. The Morgan fingerprint density at radius 2 is 1.88 bits per heavy atom. The zero-order chi connectivity index (χ0) is 17.6. The van der Waals surface area contributed by atoms with Gasteiger partial charge >= 0.3 is 0 Å². The van der Waals surface area contributed by atoms with E-state index in [1.807, 2.05) is 25.1 Å². The Bertz CT molecular complexity index is 912. The fourth-order valence-corrected chi connectivity index (χ4v) is 2.83. The van der Waals surface area contributed by atoms with Crippen LogP contribution in [0.25, 0.3) is 22.9 Å². The minimum Gasteiger partial charge on any atom is -0.249 e. The first-order valence-corrected chi connectivity index (χ1v) is 8.48. The molecule has 0 fully saturated rings. The smallest absolute Gasteiger partial charge is 0.0971 e. The van der Waals surface area contributed by atoms with Gasteiger partial charge in [0.15, 0.2) is 0 Å². The van der Waals surface area contributed by atoms with Crippen LogP contribution in [0.15, 0.2) is 73.4 Å². The van der Waals surface area contributed by atoms with Crippen molar-refractivity contribution >= 4 is 11.6 Å². The van der Waals surface area contributed by atoms with Gasteiger partial charge in [0, 0.05) is 5.56 Å². The third-order valence-electron chi connectivity index (χ3n) is 4.17. The number of aryl methyl sites for hydroxylation is 2. The molecule has 3 rings (SSSR count). The first kappa shape index (κ1) is 16.8. The van der Waals surface area contributed by atoms with E-state index in [0.29, 0.717) is 0 Å². The molecule has 0 saturated carbocycles. The van der Waals surface area contributed by atoms with Crippen LogP contribution in [0, 0.1) is 13.8 Å². The molecule has 2 nitrogen and oxygen atoms in total. The van der Waals surface area contributed by atoms with Crippen molar-refractivity contribution in [1.29, 1.82) is 0 Å². The van der Waals surface area contributed by atoms with Crippen LogP contribution >= 0.6 is 0 Å². The van der Waals surface area contributed by atoms with Gasteiger partial charge in [0.1, 0.15) is 0 Å². The molecule has 1 heterocycles. The van der Waals surface area contributed by atoms with E-state index in [1.54, 1.807) is 6.08 Å². The van der Waals surface area contributed by atoms with Crippen LogP contribution in [0.4, 0.5) is 0 Å². The van der Waals surface area contributed by atoms with Crippen LogP contribution in [0.1, 0.15) is 29.1 Å². The van der Waals surface area contributed by atoms with Crippen LogP contribution in [0.2, 0.25) is 0 Å². The second-order valence-corrected chi connectivity index (χ2v) is 5.98. The molecule has 1 aliphatic carbocycles. The number of hydrogen-bond acceptors (Lipinski definition) is 2. The van der Waals surface area contributed by atoms with E-state index in [9.17, 15) is 0 Å². The predicted molar refractivity (Wildman–Crippen MR) is 107 cm³/mol. The summed E-state index contributed by atoms with van der Waals surface area (Å²) in [7, 11) is 0. The predicted octanol–water partition coefficient (Wildman–Crippen LogP) is 5.86. The van der Waals surface area contributed by atoms with Crippen molar-refractivity contribution in [2.75, 3.05) is 0 Å². The third-order valence-corrected chi connectivity index (χ3v) is 4.17. The maximum Gasteiger partial charge on any atom is 0.0971 e. The topological polar surface area (TPSA) is 25.8 Å². The van der Waals surface area contributed by atoms with E-state index in [0.717, 1.165) is 40.3 Å². The van der Waals surface area contributed by atoms with Gasteiger partial charge in [-0.15, -0.1) is 0 Å². The SMILES string of the molecule is C=C/C=C\c1nc(C2=CCC=CC=C2)c(-c2ccccc2C)nc1C. The summed E-state index contributed by atoms with van der Waals surface area (Å²) in [5.74, 6) is 0. The zero-order valence-electron chi connectivity index (χ0n) is 14.7. The average molecular weight is 326 g/mol. The molecule has 0 amide bonds. The molecule has 25 heavy (non-hydrogen) atoms. The van der Waals surface area contributed by atoms with Gasteiger partial charge in [-0.3, -0.25) is 0 Å². The number of hydrogen-bond donors (Lipinski definition) is 0. The summed E-state index contributed by atoms with van der Waals surface area (Å²) >= 11 is 0. The molecule has 2 aromatic rings. The van der Waals surface area contributed by atoms with Crippen molar-refractivity contribution < 1.29 is 0 Å². The Kier molecular flexibility index (Phi) is 5.20. The van der Waals surface area contributed by atoms with Crippen molar-refractivity contribution in [3.05, 3.63) is 96.0 Å². The molecule has 2 heteroatoms. The largest absolute Gasteiger partial charge is 0.249 e. The molecule has 0 N–H and O–H groups in total. The molecular formula is C23H22N2. The normalized spacial score (nSPS) is 13.8. The number of rotatable bonds is 4. The van der Waals surface area contributed by atoms with Gasteiger partial charge in [-0.1, -0.05) is 73.4 Å². The molecule has 0 saturated heterocycles. The lowest BCUT2D eigenvalue weighted by molar-refractivity contribution is 1.08. The molecule has 0 bridgehead atoms. The fraction of sp³-hybridized carbons (Fsp3) is 0.130. The highest BCUT2D eigenvalue weighted by molar-refractivity contribution is 5.83. The maximum absolute atomic E-state index is 4.95. The van der Waals surface area contributed by atoms with Crippen molar-refractivity contribution in [2.24, 2.45) is 0 Å². The Morgan fingerprint density at radius 3 is 2.68 bits per heavy atom. The lowest BCUT2D eigenvalue weighted by Crippen LogP contribution is -2.03. The first-order valence-electron chi connectivity index (χ1n) is 8.48. The molecule has 0 aliphatic heterocycles. The van der Waals surface area contributed by atoms with E-state index >= 15 is 0 Å². The summed E-state index contributed by atoms with van der Waals surface area (Å²) in [4.78, 5) is 9.87. The lowest BCUT2D eigenvalue weighted by atomic mass is 9.99. The number of aromatic nitrogens is 2. The van der Waals surface area contributed by atoms with Gasteiger partial charge in [0.2, 0.25) is 0 Å². The maximum atomic E-state index is 4.95. The van der Waals surface area contributed by atoms with E-state index in [4.69, 9.17) is 9.97 Å². The van der Waals surface area contributed by atoms with Crippen LogP contribution in [-0.2, 0) is 0 Å². The lowest BCUT2D eigenvalue weighted by Gasteiger charge is -2.14. The second kappa shape index (κ2) is 7.71. The van der Waals surface area contributed by atoms with E-state index in [2.05, 4.69) is 62.1 Å². The van der Waals surface area contributed by atoms with Gasteiger partial charge in [0.05, 0.1) is 22.8 Å². The van der Waals surface area contributed by atoms with Crippen LogP contribution in [-0.4, -0.2) is 9.97 Å². The highest BCUT2D eigenvalue weighted by Crippen LogP contribution is 2.31. The third kappa shape index (κ3) is 3.74. The number of nitrogens with zero attached hydrogens (tertiary/aromatic N) is 2. The van der Waals surface area contributed by atoms with E-state index in [-0.39, 0.29) is 0 Å². The molecule has 0 radical (unpaired) electrons. The van der Waals surface area contributed by atoms with Crippen molar-refractivity contribution in [1.82, 2.24) is 9.97 Å². The van der Waals surface area contributed by atoms with Crippen LogP contribution in [0.3, 0.4) is 0 Å². The van der Waals surface area contributed by atoms with Gasteiger partial charge < -0.3 is 0 Å². The summed E-state index contributed by atoms with van der Waals surface area (Å²) in [6.07, 6.45) is 17.1.